The van der Waals surface area contributed by atoms with Crippen molar-refractivity contribution in [1.82, 2.24) is 0 Å². The van der Waals surface area contributed by atoms with Crippen molar-refractivity contribution in [2.24, 2.45) is 17.8 Å². The van der Waals surface area contributed by atoms with E-state index in [0.29, 0.717) is 29.6 Å². The summed E-state index contributed by atoms with van der Waals surface area (Å²) in [6, 6.07) is 12.7. The Morgan fingerprint density at radius 1 is 0.939 bits per heavy atom. The molecule has 2 aromatic rings. The maximum atomic E-state index is 13.0. The highest BCUT2D eigenvalue weighted by Crippen LogP contribution is 2.46. The van der Waals surface area contributed by atoms with Gasteiger partial charge in [0.25, 0.3) is 0 Å². The molecule has 0 amide bonds. The van der Waals surface area contributed by atoms with Crippen molar-refractivity contribution in [3.8, 4) is 22.6 Å². The van der Waals surface area contributed by atoms with Crippen LogP contribution in [0.4, 0.5) is 0 Å². The Balaban J connectivity index is 1.25. The summed E-state index contributed by atoms with van der Waals surface area (Å²) in [6.07, 6.45) is 12.1. The van der Waals surface area contributed by atoms with E-state index in [9.17, 15) is 19.8 Å². The van der Waals surface area contributed by atoms with Crippen LogP contribution in [0.5, 0.6) is 11.5 Å². The van der Waals surface area contributed by atoms with Crippen LogP contribution < -0.4 is 0 Å². The molecule has 2 saturated carbocycles. The van der Waals surface area contributed by atoms with Gasteiger partial charge in [-0.25, -0.2) is 0 Å². The van der Waals surface area contributed by atoms with Crippen LogP contribution in [0.3, 0.4) is 0 Å². The minimum atomic E-state index is -0.149. The second kappa shape index (κ2) is 9.01. The molecule has 2 fully saturated rings. The van der Waals surface area contributed by atoms with Gasteiger partial charge in [0.1, 0.15) is 5.78 Å². The van der Waals surface area contributed by atoms with Gasteiger partial charge in [0.15, 0.2) is 17.3 Å². The molecule has 2 atom stereocenters. The molecule has 0 radical (unpaired) electrons. The molecule has 170 valence electrons. The summed E-state index contributed by atoms with van der Waals surface area (Å²) in [5, 5.41) is 20.1. The zero-order valence-electron chi connectivity index (χ0n) is 18.7. The van der Waals surface area contributed by atoms with Gasteiger partial charge in [-0.3, -0.25) is 9.59 Å². The second-order valence-corrected chi connectivity index (χ2v) is 9.82. The Hall–Kier alpha value is -3.14. The number of para-hydroxylation sites is 1. The molecular weight excluding hydrogens is 412 g/mol. The van der Waals surface area contributed by atoms with Crippen molar-refractivity contribution >= 4 is 11.6 Å². The molecular formula is C29H30O4. The van der Waals surface area contributed by atoms with Crippen LogP contribution in [0.15, 0.2) is 66.3 Å². The van der Waals surface area contributed by atoms with Crippen LogP contribution >= 0.6 is 0 Å². The fourth-order valence-electron chi connectivity index (χ4n) is 6.03. The quantitative estimate of drug-likeness (QED) is 0.550. The zero-order valence-corrected chi connectivity index (χ0v) is 18.7. The van der Waals surface area contributed by atoms with Gasteiger partial charge in [0.2, 0.25) is 0 Å². The molecule has 0 heterocycles. The average molecular weight is 443 g/mol. The molecule has 0 bridgehead atoms. The molecule has 0 spiro atoms. The predicted octanol–water partition coefficient (Wildman–Crippen LogP) is 6.09. The minimum absolute atomic E-state index is 0.122. The Morgan fingerprint density at radius 3 is 2.48 bits per heavy atom. The number of rotatable bonds is 5. The summed E-state index contributed by atoms with van der Waals surface area (Å²) in [6.45, 7) is 0. The molecule has 5 rings (SSSR count). The normalized spacial score (nSPS) is 27.0. The van der Waals surface area contributed by atoms with Crippen molar-refractivity contribution in [1.29, 1.82) is 0 Å². The monoisotopic (exact) mass is 442 g/mol. The van der Waals surface area contributed by atoms with Gasteiger partial charge in [-0.2, -0.15) is 0 Å². The number of carbonyl (C=O) groups excluding carboxylic acids is 2. The van der Waals surface area contributed by atoms with Crippen LogP contribution in [-0.2, 0) is 9.59 Å². The average Bonchev–Trinajstić information content (AvgIpc) is 3.51. The first-order chi connectivity index (χ1) is 16.0. The summed E-state index contributed by atoms with van der Waals surface area (Å²) in [5.74, 6) is 1.24. The largest absolute Gasteiger partial charge is 0.504 e. The Kier molecular flexibility index (Phi) is 5.92. The number of Topliss-reactive ketones (excluding diaryl/α,β-unsaturated/α-hetero) is 2. The number of aromatic hydroxyl groups is 2. The smallest absolute Gasteiger partial charge is 0.165 e. The summed E-state index contributed by atoms with van der Waals surface area (Å²) >= 11 is 0. The van der Waals surface area contributed by atoms with E-state index in [1.807, 2.05) is 42.5 Å². The molecule has 3 aliphatic carbocycles. The number of hydrogen-bond acceptors (Lipinski definition) is 4. The van der Waals surface area contributed by atoms with Gasteiger partial charge in [-0.1, -0.05) is 54.6 Å². The predicted molar refractivity (Wildman–Crippen MR) is 128 cm³/mol. The molecule has 4 heteroatoms. The van der Waals surface area contributed by atoms with Crippen molar-refractivity contribution in [2.45, 2.75) is 50.9 Å². The number of phenolic OH excluding ortho intramolecular Hbond substituents is 2. The fourth-order valence-corrected chi connectivity index (χ4v) is 6.03. The summed E-state index contributed by atoms with van der Waals surface area (Å²) < 4.78 is 0. The molecule has 0 aromatic heterocycles. The number of allylic oxidation sites excluding steroid dienone is 4. The first kappa shape index (κ1) is 21.7. The van der Waals surface area contributed by atoms with E-state index in [1.165, 1.54) is 6.07 Å². The van der Waals surface area contributed by atoms with Crippen molar-refractivity contribution < 1.29 is 19.8 Å². The van der Waals surface area contributed by atoms with E-state index in [0.717, 1.165) is 55.2 Å². The van der Waals surface area contributed by atoms with E-state index in [2.05, 4.69) is 0 Å². The number of hydrogen-bond donors (Lipinski definition) is 2. The van der Waals surface area contributed by atoms with Crippen LogP contribution in [-0.4, -0.2) is 21.8 Å². The Labute approximate surface area is 194 Å². The molecule has 0 saturated heterocycles. The summed E-state index contributed by atoms with van der Waals surface area (Å²) in [5.41, 5.74) is 3.29. The van der Waals surface area contributed by atoms with E-state index >= 15 is 0 Å². The number of carbonyl (C=O) groups is 2. The lowest BCUT2D eigenvalue weighted by Gasteiger charge is -2.31. The molecule has 33 heavy (non-hydrogen) atoms. The maximum absolute atomic E-state index is 13.0. The molecule has 0 aliphatic heterocycles. The molecule has 3 aliphatic rings. The Bertz CT molecular complexity index is 1130. The van der Waals surface area contributed by atoms with Crippen LogP contribution in [0.1, 0.15) is 56.4 Å². The van der Waals surface area contributed by atoms with Crippen molar-refractivity contribution in [2.75, 3.05) is 0 Å². The number of phenols is 2. The summed E-state index contributed by atoms with van der Waals surface area (Å²) in [7, 11) is 0. The first-order valence-corrected chi connectivity index (χ1v) is 12.0. The lowest BCUT2D eigenvalue weighted by molar-refractivity contribution is -0.121. The third kappa shape index (κ3) is 4.27. The van der Waals surface area contributed by atoms with Gasteiger partial charge < -0.3 is 10.2 Å². The lowest BCUT2D eigenvalue weighted by Crippen LogP contribution is -2.26. The highest BCUT2D eigenvalue weighted by molar-refractivity contribution is 5.98. The topological polar surface area (TPSA) is 74.6 Å². The molecule has 2 N–H and O–H groups in total. The SMILES string of the molecule is O=C(C1=CC=CC1)C1CCC(C2CC(=O)C(c3cccc(-c4cccc(O)c4O)c3)C2)CC1. The van der Waals surface area contributed by atoms with Gasteiger partial charge in [-0.05, 0) is 73.1 Å². The Morgan fingerprint density at radius 2 is 1.73 bits per heavy atom. The van der Waals surface area contributed by atoms with Gasteiger partial charge in [0, 0.05) is 23.8 Å². The third-order valence-electron chi connectivity index (χ3n) is 7.90. The molecule has 2 aromatic carbocycles. The molecule has 2 unspecified atom stereocenters. The van der Waals surface area contributed by atoms with E-state index in [1.54, 1.807) is 12.1 Å². The fraction of sp³-hybridized carbons (Fsp3) is 0.379. The van der Waals surface area contributed by atoms with Crippen molar-refractivity contribution in [3.05, 3.63) is 71.8 Å². The van der Waals surface area contributed by atoms with E-state index in [4.69, 9.17) is 0 Å². The highest BCUT2D eigenvalue weighted by Gasteiger charge is 2.40. The van der Waals surface area contributed by atoms with Gasteiger partial charge in [-0.15, -0.1) is 0 Å². The number of ketones is 2. The lowest BCUT2D eigenvalue weighted by atomic mass is 9.73. The van der Waals surface area contributed by atoms with Crippen LogP contribution in [0.2, 0.25) is 0 Å². The first-order valence-electron chi connectivity index (χ1n) is 12.0. The minimum Gasteiger partial charge on any atom is -0.504 e. The van der Waals surface area contributed by atoms with Gasteiger partial charge in [0.05, 0.1) is 0 Å². The maximum Gasteiger partial charge on any atom is 0.165 e. The third-order valence-corrected chi connectivity index (χ3v) is 7.90. The van der Waals surface area contributed by atoms with Crippen molar-refractivity contribution in [3.63, 3.8) is 0 Å². The summed E-state index contributed by atoms with van der Waals surface area (Å²) in [4.78, 5) is 25.7. The van der Waals surface area contributed by atoms with E-state index < -0.39 is 0 Å². The van der Waals surface area contributed by atoms with Crippen LogP contribution in [0.25, 0.3) is 11.1 Å². The highest BCUT2D eigenvalue weighted by atomic mass is 16.3. The second-order valence-electron chi connectivity index (χ2n) is 9.82. The van der Waals surface area contributed by atoms with Gasteiger partial charge >= 0.3 is 0 Å². The standard InChI is InChI=1S/C29H30O4/c30-26-10-4-9-24(29(26)33)21-7-3-8-22(15-21)25-16-23(17-27(25)31)18-11-13-20(14-12-18)28(32)19-5-1-2-6-19/h1-5,7-10,15,18,20,23,25,30,33H,6,11-14,16-17H2. The van der Waals surface area contributed by atoms with E-state index in [-0.39, 0.29) is 29.1 Å². The van der Waals surface area contributed by atoms with Crippen LogP contribution in [0, 0.1) is 17.8 Å². The number of benzene rings is 2. The molecule has 4 nitrogen and oxygen atoms in total. The zero-order chi connectivity index (χ0) is 22.9.